The van der Waals surface area contributed by atoms with Crippen LogP contribution in [0.5, 0.6) is 0 Å². The maximum atomic E-state index is 10.9. The minimum atomic E-state index is -0.326. The van der Waals surface area contributed by atoms with Crippen LogP contribution in [-0.4, -0.2) is 25.5 Å². The molecule has 2 rings (SSSR count). The van der Waals surface area contributed by atoms with Crippen molar-refractivity contribution in [1.82, 2.24) is 5.32 Å². The van der Waals surface area contributed by atoms with Crippen molar-refractivity contribution < 1.29 is 4.79 Å². The molecule has 0 saturated heterocycles. The molecule has 3 N–H and O–H groups in total. The number of nitrogens with one attached hydrogen (secondary N) is 1. The number of anilines is 1. The summed E-state index contributed by atoms with van der Waals surface area (Å²) in [6.07, 6.45) is 2.58. The summed E-state index contributed by atoms with van der Waals surface area (Å²) >= 11 is 3.57. The Morgan fingerprint density at radius 1 is 1.56 bits per heavy atom. The molecule has 1 aromatic carbocycles. The molecule has 0 unspecified atom stereocenters. The Labute approximate surface area is 116 Å². The van der Waals surface area contributed by atoms with Gasteiger partial charge in [-0.1, -0.05) is 22.0 Å². The minimum Gasteiger partial charge on any atom is -0.368 e. The number of halogens is 1. The number of carbonyl (C=O) groups excluding carboxylic acids is 1. The zero-order valence-electron chi connectivity index (χ0n) is 10.4. The number of rotatable bonds is 6. The van der Waals surface area contributed by atoms with Crippen LogP contribution in [0.4, 0.5) is 5.69 Å². The fourth-order valence-corrected chi connectivity index (χ4v) is 2.29. The summed E-state index contributed by atoms with van der Waals surface area (Å²) in [7, 11) is 1.86. The van der Waals surface area contributed by atoms with E-state index in [1.54, 1.807) is 0 Å². The Kier molecular flexibility index (Phi) is 4.24. The van der Waals surface area contributed by atoms with Crippen molar-refractivity contribution in [3.8, 4) is 0 Å². The van der Waals surface area contributed by atoms with Gasteiger partial charge >= 0.3 is 0 Å². The van der Waals surface area contributed by atoms with Crippen LogP contribution in [0.15, 0.2) is 22.7 Å². The molecule has 5 heteroatoms. The maximum absolute atomic E-state index is 10.9. The third kappa shape index (κ3) is 3.71. The third-order valence-electron chi connectivity index (χ3n) is 3.03. The molecular formula is C13H18BrN3O. The second-order valence-corrected chi connectivity index (χ2v) is 5.61. The molecule has 1 aliphatic rings. The highest BCUT2D eigenvalue weighted by molar-refractivity contribution is 9.10. The van der Waals surface area contributed by atoms with Crippen LogP contribution in [0.1, 0.15) is 18.4 Å². The fourth-order valence-electron chi connectivity index (χ4n) is 1.78. The van der Waals surface area contributed by atoms with E-state index in [2.05, 4.69) is 27.3 Å². The highest BCUT2D eigenvalue weighted by Gasteiger charge is 2.20. The van der Waals surface area contributed by atoms with Gasteiger partial charge in [0.05, 0.1) is 6.54 Å². The molecule has 0 bridgehead atoms. The van der Waals surface area contributed by atoms with E-state index in [1.165, 1.54) is 18.4 Å². The second-order valence-electron chi connectivity index (χ2n) is 4.75. The van der Waals surface area contributed by atoms with Gasteiger partial charge in [0.2, 0.25) is 5.91 Å². The Hall–Kier alpha value is -1.07. The van der Waals surface area contributed by atoms with Gasteiger partial charge in [-0.15, -0.1) is 0 Å². The highest BCUT2D eigenvalue weighted by atomic mass is 79.9. The largest absolute Gasteiger partial charge is 0.368 e. The van der Waals surface area contributed by atoms with Gasteiger partial charge in [-0.05, 0) is 30.5 Å². The van der Waals surface area contributed by atoms with Crippen molar-refractivity contribution in [3.05, 3.63) is 28.2 Å². The first-order valence-electron chi connectivity index (χ1n) is 6.07. The van der Waals surface area contributed by atoms with Crippen LogP contribution in [0.25, 0.3) is 0 Å². The number of nitrogens with two attached hydrogens (primary N) is 1. The molecule has 0 aromatic heterocycles. The lowest BCUT2D eigenvalue weighted by molar-refractivity contribution is -0.116. The van der Waals surface area contributed by atoms with E-state index in [1.807, 2.05) is 24.1 Å². The van der Waals surface area contributed by atoms with Gasteiger partial charge in [0.25, 0.3) is 0 Å². The Balaban J connectivity index is 2.00. The molecular weight excluding hydrogens is 294 g/mol. The lowest BCUT2D eigenvalue weighted by Crippen LogP contribution is -2.30. The minimum absolute atomic E-state index is 0.228. The van der Waals surface area contributed by atoms with Crippen LogP contribution >= 0.6 is 15.9 Å². The number of amides is 1. The number of nitrogens with zero attached hydrogens (tertiary/aromatic N) is 1. The lowest BCUT2D eigenvalue weighted by atomic mass is 10.2. The van der Waals surface area contributed by atoms with Gasteiger partial charge in [0.1, 0.15) is 0 Å². The average Bonchev–Trinajstić information content (AvgIpc) is 3.10. The quantitative estimate of drug-likeness (QED) is 0.839. The van der Waals surface area contributed by atoms with Crippen molar-refractivity contribution in [2.75, 3.05) is 18.5 Å². The number of hydrogen-bond donors (Lipinski definition) is 2. The number of likely N-dealkylation sites (N-methyl/N-ethyl adjacent to an activating group) is 1. The second kappa shape index (κ2) is 5.71. The highest BCUT2D eigenvalue weighted by Crippen LogP contribution is 2.25. The Bertz CT molecular complexity index is 446. The first-order valence-corrected chi connectivity index (χ1v) is 6.87. The molecule has 98 valence electrons. The molecule has 0 spiro atoms. The van der Waals surface area contributed by atoms with Crippen molar-refractivity contribution in [1.29, 1.82) is 0 Å². The Morgan fingerprint density at radius 3 is 2.83 bits per heavy atom. The van der Waals surface area contributed by atoms with E-state index in [4.69, 9.17) is 5.73 Å². The molecule has 0 heterocycles. The van der Waals surface area contributed by atoms with Crippen molar-refractivity contribution in [3.63, 3.8) is 0 Å². The first-order chi connectivity index (χ1) is 8.56. The smallest absolute Gasteiger partial charge is 0.236 e. The Morgan fingerprint density at radius 2 is 2.28 bits per heavy atom. The summed E-state index contributed by atoms with van der Waals surface area (Å²) < 4.78 is 1.06. The average molecular weight is 312 g/mol. The molecule has 1 saturated carbocycles. The SMILES string of the molecule is CN(CC(N)=O)c1ccc(CNC2CC2)c(Br)c1. The van der Waals surface area contributed by atoms with Gasteiger partial charge in [0.15, 0.2) is 0 Å². The summed E-state index contributed by atoms with van der Waals surface area (Å²) in [5.74, 6) is -0.326. The summed E-state index contributed by atoms with van der Waals surface area (Å²) in [4.78, 5) is 12.7. The number of hydrogen-bond acceptors (Lipinski definition) is 3. The molecule has 0 radical (unpaired) electrons. The predicted octanol–water partition coefficient (Wildman–Crippen LogP) is 1.62. The van der Waals surface area contributed by atoms with Gasteiger partial charge in [-0.2, -0.15) is 0 Å². The first kappa shape index (κ1) is 13.4. The molecule has 0 atom stereocenters. The van der Waals surface area contributed by atoms with Crippen molar-refractivity contribution >= 4 is 27.5 Å². The van der Waals surface area contributed by atoms with Crippen LogP contribution in [0, 0.1) is 0 Å². The summed E-state index contributed by atoms with van der Waals surface area (Å²) in [6, 6.07) is 6.81. The predicted molar refractivity (Wildman–Crippen MR) is 76.5 cm³/mol. The van der Waals surface area contributed by atoms with E-state index in [-0.39, 0.29) is 12.5 Å². The standard InChI is InChI=1S/C13H18BrN3O/c1-17(8-13(15)18)11-5-2-9(12(14)6-11)7-16-10-3-4-10/h2,5-6,10,16H,3-4,7-8H2,1H3,(H2,15,18). The topological polar surface area (TPSA) is 58.4 Å². The van der Waals surface area contributed by atoms with Crippen molar-refractivity contribution in [2.24, 2.45) is 5.73 Å². The monoisotopic (exact) mass is 311 g/mol. The maximum Gasteiger partial charge on any atom is 0.236 e. The van der Waals surface area contributed by atoms with E-state index in [9.17, 15) is 4.79 Å². The van der Waals surface area contributed by atoms with Crippen LogP contribution < -0.4 is 16.0 Å². The molecule has 1 aromatic rings. The molecule has 1 fully saturated rings. The number of primary amides is 1. The zero-order valence-corrected chi connectivity index (χ0v) is 12.0. The number of benzene rings is 1. The van der Waals surface area contributed by atoms with Crippen molar-refractivity contribution in [2.45, 2.75) is 25.4 Å². The summed E-state index contributed by atoms with van der Waals surface area (Å²) in [6.45, 7) is 1.11. The lowest BCUT2D eigenvalue weighted by Gasteiger charge is -2.18. The van der Waals surface area contributed by atoms with Gasteiger partial charge in [-0.25, -0.2) is 0 Å². The molecule has 4 nitrogen and oxygen atoms in total. The van der Waals surface area contributed by atoms with Gasteiger partial charge < -0.3 is 16.0 Å². The van der Waals surface area contributed by atoms with Crippen LogP contribution in [0.3, 0.4) is 0 Å². The fraction of sp³-hybridized carbons (Fsp3) is 0.462. The zero-order chi connectivity index (χ0) is 13.1. The third-order valence-corrected chi connectivity index (χ3v) is 3.77. The summed E-state index contributed by atoms with van der Waals surface area (Å²) in [5, 5.41) is 3.48. The van der Waals surface area contributed by atoms with Crippen LogP contribution in [0.2, 0.25) is 0 Å². The van der Waals surface area contributed by atoms with Gasteiger partial charge in [0, 0.05) is 29.8 Å². The van der Waals surface area contributed by atoms with E-state index in [0.717, 1.165) is 16.7 Å². The molecule has 1 amide bonds. The molecule has 18 heavy (non-hydrogen) atoms. The van der Waals surface area contributed by atoms with E-state index >= 15 is 0 Å². The summed E-state index contributed by atoms with van der Waals surface area (Å²) in [5.41, 5.74) is 7.40. The molecule has 0 aliphatic heterocycles. The van der Waals surface area contributed by atoms with Gasteiger partial charge in [-0.3, -0.25) is 4.79 Å². The van der Waals surface area contributed by atoms with E-state index < -0.39 is 0 Å². The normalized spacial score (nSPS) is 14.6. The number of carbonyl (C=O) groups is 1. The van der Waals surface area contributed by atoms with E-state index in [0.29, 0.717) is 6.04 Å². The van der Waals surface area contributed by atoms with Crippen LogP contribution in [-0.2, 0) is 11.3 Å². The molecule has 1 aliphatic carbocycles.